The molecule has 0 aromatic heterocycles. The van der Waals surface area contributed by atoms with Crippen molar-refractivity contribution in [1.82, 2.24) is 0 Å². The largest absolute Gasteiger partial charge is 0.894 e. The van der Waals surface area contributed by atoms with Crippen molar-refractivity contribution in [3.63, 3.8) is 0 Å². The van der Waals surface area contributed by atoms with Gasteiger partial charge in [0, 0.05) is 0 Å². The van der Waals surface area contributed by atoms with Gasteiger partial charge in [-0.25, -0.2) is 0 Å². The second-order valence-electron chi connectivity index (χ2n) is 6.50. The molecule has 0 spiro atoms. The molecule has 4 N–H and O–H groups in total. The molecule has 0 saturated carbocycles. The summed E-state index contributed by atoms with van der Waals surface area (Å²) >= 11 is 0. The first-order valence-corrected chi connectivity index (χ1v) is 8.45. The van der Waals surface area contributed by atoms with Crippen molar-refractivity contribution in [2.24, 2.45) is 0 Å². The van der Waals surface area contributed by atoms with E-state index in [0.717, 1.165) is 0 Å². The van der Waals surface area contributed by atoms with Gasteiger partial charge < -0.3 is 47.8 Å². The molecule has 9 heteroatoms. The minimum Gasteiger partial charge on any atom is -0.894 e. The van der Waals surface area contributed by atoms with Gasteiger partial charge in [-0.3, -0.25) is 0 Å². The lowest BCUT2D eigenvalue weighted by Crippen LogP contribution is -3.02. The second kappa shape index (κ2) is 22.2. The molecule has 8 nitrogen and oxygen atoms in total. The maximum absolute atomic E-state index is 8.58. The van der Waals surface area contributed by atoms with Crippen molar-refractivity contribution in [2.45, 2.75) is 0 Å². The van der Waals surface area contributed by atoms with E-state index < -0.39 is 9.05 Å². The molecular weight excluding hydrogens is 292 g/mol. The van der Waals surface area contributed by atoms with E-state index in [2.05, 4.69) is 84.6 Å². The highest BCUT2D eigenvalue weighted by Crippen LogP contribution is 1.26. The third kappa shape index (κ3) is 599000. The van der Waals surface area contributed by atoms with Crippen molar-refractivity contribution < 1.29 is 38.8 Å². The summed E-state index contributed by atoms with van der Waals surface area (Å²) in [5, 5.41) is 0. The van der Waals surface area contributed by atoms with Gasteiger partial charge in [0.05, 0.1) is 84.6 Å². The smallest absolute Gasteiger partial charge is 0.0661 e. The highest BCUT2D eigenvalue weighted by Gasteiger charge is 1.62. The Kier molecular flexibility index (Phi) is 34.6. The van der Waals surface area contributed by atoms with Crippen LogP contribution < -0.4 is 38.8 Å². The third-order valence-corrected chi connectivity index (χ3v) is 0. The molecule has 21 heavy (non-hydrogen) atoms. The van der Waals surface area contributed by atoms with Crippen LogP contribution in [0.2, 0.25) is 0 Å². The molecule has 0 aliphatic rings. The lowest BCUT2D eigenvalue weighted by atomic mass is 11.0. The van der Waals surface area contributed by atoms with Gasteiger partial charge in [0.25, 0.3) is 0 Å². The predicted molar refractivity (Wildman–Crippen MR) is 80.7 cm³/mol. The summed E-state index contributed by atoms with van der Waals surface area (Å²) in [4.78, 5) is 40.0. The summed E-state index contributed by atoms with van der Waals surface area (Å²) < 4.78 is 0. The maximum Gasteiger partial charge on any atom is 0.0661 e. The molecule has 0 bridgehead atoms. The fourth-order valence-corrected chi connectivity index (χ4v) is 0. The average molecular weight is 333 g/mol. The molecule has 0 rings (SSSR count). The van der Waals surface area contributed by atoms with Crippen molar-refractivity contribution in [2.75, 3.05) is 84.6 Å². The van der Waals surface area contributed by atoms with Crippen LogP contribution >= 0.6 is 0 Å². The van der Waals surface area contributed by atoms with Crippen molar-refractivity contribution in [3.8, 4) is 0 Å². The summed E-state index contributed by atoms with van der Waals surface area (Å²) in [5.41, 5.74) is 0. The van der Waals surface area contributed by atoms with Gasteiger partial charge in [0.1, 0.15) is 0 Å². The lowest BCUT2D eigenvalue weighted by Gasteiger charge is -2.67. The number of hydrogen-bond acceptors (Lipinski definition) is 4. The topological polar surface area (TPSA) is 110 Å². The highest BCUT2D eigenvalue weighted by atomic mass is 28.4. The zero-order valence-corrected chi connectivity index (χ0v) is 17.1. The summed E-state index contributed by atoms with van der Waals surface area (Å²) in [6.07, 6.45) is 0. The van der Waals surface area contributed by atoms with Crippen LogP contribution in [-0.4, -0.2) is 93.6 Å². The van der Waals surface area contributed by atoms with E-state index >= 15 is 0 Å². The first-order valence-electron chi connectivity index (χ1n) is 6.82. The van der Waals surface area contributed by atoms with E-state index in [4.69, 9.17) is 19.2 Å². The van der Waals surface area contributed by atoms with E-state index in [1.54, 1.807) is 0 Å². The molecule has 136 valence electrons. The second-order valence-corrected chi connectivity index (χ2v) is 7.50. The summed E-state index contributed by atoms with van der Waals surface area (Å²) in [7, 11) is 19.4. The van der Waals surface area contributed by atoms with Gasteiger partial charge in [0.15, 0.2) is 0 Å². The Hall–Kier alpha value is -0.103. The van der Waals surface area contributed by atoms with Crippen LogP contribution in [0.1, 0.15) is 0 Å². The van der Waals surface area contributed by atoms with Crippen LogP contribution in [0.25, 0.3) is 0 Å². The predicted octanol–water partition coefficient (Wildman–Crippen LogP) is -10.1. The Bertz CT molecular complexity index is 125. The molecule has 0 saturated heterocycles. The van der Waals surface area contributed by atoms with E-state index in [1.807, 2.05) is 0 Å². The van der Waals surface area contributed by atoms with Gasteiger partial charge in [-0.15, -0.1) is 0 Å². The molecule has 0 atom stereocenters. The van der Waals surface area contributed by atoms with E-state index in [0.29, 0.717) is 0 Å². The number of hydrogen-bond donors (Lipinski definition) is 4. The summed E-state index contributed by atoms with van der Waals surface area (Å²) in [5.74, 6) is 0. The van der Waals surface area contributed by atoms with Gasteiger partial charge in [-0.05, 0) is 0 Å². The fraction of sp³-hybridized carbons (Fsp3) is 1.00. The molecule has 0 radical (unpaired) electrons. The Morgan fingerprint density at radius 2 is 0.381 bits per heavy atom. The van der Waals surface area contributed by atoms with Crippen LogP contribution in [-0.2, 0) is 0 Å². The molecule has 0 aromatic rings. The molecule has 0 fully saturated rings. The van der Waals surface area contributed by atoms with Crippen molar-refractivity contribution in [3.05, 3.63) is 0 Å². The SMILES string of the molecule is C[NH+](C)C.C[NH+](C)C.C[NH+](C)C.C[NH+](C)C.[O-][Si]([O-])([O-])[O-]. The molecule has 0 amide bonds. The first kappa shape index (κ1) is 32.7. The van der Waals surface area contributed by atoms with E-state index in [-0.39, 0.29) is 0 Å². The van der Waals surface area contributed by atoms with Crippen LogP contribution in [0.15, 0.2) is 0 Å². The normalized spacial score (nSPS) is 9.71. The fourth-order valence-electron chi connectivity index (χ4n) is 0. The van der Waals surface area contributed by atoms with Gasteiger partial charge in [-0.1, -0.05) is 0 Å². The van der Waals surface area contributed by atoms with Crippen LogP contribution in [0.5, 0.6) is 0 Å². The van der Waals surface area contributed by atoms with Gasteiger partial charge >= 0.3 is 0 Å². The van der Waals surface area contributed by atoms with Crippen molar-refractivity contribution in [1.29, 1.82) is 0 Å². The molecular formula is C12H40N4O4Si. The maximum atomic E-state index is 8.58. The van der Waals surface area contributed by atoms with Crippen LogP contribution in [0.4, 0.5) is 0 Å². The zero-order chi connectivity index (χ0) is 18.8. The molecule has 0 unspecified atom stereocenters. The number of quaternary nitrogens is 4. The third-order valence-electron chi connectivity index (χ3n) is 0. The standard InChI is InChI=1S/4C3H9N.O4Si/c4*1-4(2)3;1-5(2,3)4/h4*1-3H3;/q;;;;-4/p+4. The van der Waals surface area contributed by atoms with E-state index in [9.17, 15) is 0 Å². The first-order chi connectivity index (χ1) is 8.93. The summed E-state index contributed by atoms with van der Waals surface area (Å²) in [6, 6.07) is 0. The van der Waals surface area contributed by atoms with Gasteiger partial charge in [-0.2, -0.15) is 0 Å². The lowest BCUT2D eigenvalue weighted by molar-refractivity contribution is -0.836. The van der Waals surface area contributed by atoms with Crippen molar-refractivity contribution >= 4 is 9.05 Å². The Morgan fingerprint density at radius 1 is 0.381 bits per heavy atom. The molecule has 0 aliphatic heterocycles. The van der Waals surface area contributed by atoms with Crippen LogP contribution in [0.3, 0.4) is 0 Å². The minimum atomic E-state index is -5.61. The molecule has 0 heterocycles. The molecule has 0 aliphatic carbocycles. The average Bonchev–Trinajstić information content (AvgIpc) is 1.91. The Labute approximate surface area is 133 Å². The highest BCUT2D eigenvalue weighted by molar-refractivity contribution is 6.38. The quantitative estimate of drug-likeness (QED) is 0.330. The molecule has 0 aromatic carbocycles. The number of nitrogens with one attached hydrogen (secondary N) is 4. The number of rotatable bonds is 0. The van der Waals surface area contributed by atoms with E-state index in [1.165, 1.54) is 19.6 Å². The minimum absolute atomic E-state index is 1.42. The van der Waals surface area contributed by atoms with Crippen LogP contribution in [0, 0.1) is 0 Å². The van der Waals surface area contributed by atoms with Gasteiger partial charge in [0.2, 0.25) is 0 Å². The Morgan fingerprint density at radius 3 is 0.381 bits per heavy atom. The zero-order valence-electron chi connectivity index (χ0n) is 16.1. The Balaban J connectivity index is -0.0000000510. The monoisotopic (exact) mass is 332 g/mol. The summed E-state index contributed by atoms with van der Waals surface area (Å²) in [6.45, 7) is 0.